The van der Waals surface area contributed by atoms with Crippen LogP contribution in [-0.4, -0.2) is 11.9 Å². The predicted molar refractivity (Wildman–Crippen MR) is 81.6 cm³/mol. The van der Waals surface area contributed by atoms with Crippen molar-refractivity contribution in [1.29, 1.82) is 0 Å². The molecule has 0 radical (unpaired) electrons. The van der Waals surface area contributed by atoms with Gasteiger partial charge in [-0.3, -0.25) is 4.79 Å². The number of rotatable bonds is 3. The molecule has 1 aliphatic rings. The molecule has 0 heterocycles. The molecule has 0 aliphatic heterocycles. The van der Waals surface area contributed by atoms with Crippen molar-refractivity contribution >= 4 is 17.6 Å². The Balaban J connectivity index is 2.27. The number of carbonyl (C=O) groups excluding carboxylic acids is 2. The van der Waals surface area contributed by atoms with Gasteiger partial charge in [-0.05, 0) is 40.8 Å². The number of allylic oxidation sites excluding steroid dienone is 1. The molecule has 0 atom stereocenters. The molecule has 21 heavy (non-hydrogen) atoms. The first-order valence-electron chi connectivity index (χ1n) is 6.65. The molecule has 2 aromatic rings. The van der Waals surface area contributed by atoms with Gasteiger partial charge in [0.15, 0.2) is 5.78 Å². The molecule has 0 amide bonds. The van der Waals surface area contributed by atoms with E-state index >= 15 is 0 Å². The molecule has 3 heteroatoms. The van der Waals surface area contributed by atoms with E-state index in [1.54, 1.807) is 19.1 Å². The zero-order valence-corrected chi connectivity index (χ0v) is 11.6. The number of hydrogen-bond acceptors (Lipinski definition) is 3. The second-order valence-corrected chi connectivity index (χ2v) is 5.13. The molecule has 0 bridgehead atoms. The van der Waals surface area contributed by atoms with Crippen molar-refractivity contribution in [3.63, 3.8) is 0 Å². The summed E-state index contributed by atoms with van der Waals surface area (Å²) >= 11 is 0. The second kappa shape index (κ2) is 4.97. The van der Waals surface area contributed by atoms with Crippen LogP contribution < -0.4 is 0 Å². The summed E-state index contributed by atoms with van der Waals surface area (Å²) in [5.41, 5.74) is 5.50. The quantitative estimate of drug-likeness (QED) is 0.314. The maximum absolute atomic E-state index is 12.2. The molecule has 0 spiro atoms. The molecule has 0 aromatic heterocycles. The Bertz CT molecular complexity index is 827. The van der Waals surface area contributed by atoms with E-state index in [1.165, 1.54) is 5.56 Å². The van der Waals surface area contributed by atoms with E-state index in [4.69, 9.17) is 0 Å². The fourth-order valence-corrected chi connectivity index (χ4v) is 2.78. The summed E-state index contributed by atoms with van der Waals surface area (Å²) in [6.07, 6.45) is 2.24. The van der Waals surface area contributed by atoms with Crippen LogP contribution in [-0.2, 0) is 11.2 Å². The molecule has 0 saturated heterocycles. The van der Waals surface area contributed by atoms with E-state index in [9.17, 15) is 9.59 Å². The molecule has 3 nitrogen and oxygen atoms in total. The highest BCUT2D eigenvalue weighted by Crippen LogP contribution is 2.43. The van der Waals surface area contributed by atoms with E-state index in [1.807, 2.05) is 30.3 Å². The zero-order valence-electron chi connectivity index (χ0n) is 11.6. The van der Waals surface area contributed by atoms with E-state index in [0.717, 1.165) is 16.7 Å². The third kappa shape index (κ3) is 2.04. The first-order valence-corrected chi connectivity index (χ1v) is 6.65. The first-order chi connectivity index (χ1) is 10.1. The number of aliphatic imine (C=N–C) groups is 1. The number of benzene rings is 2. The van der Waals surface area contributed by atoms with Crippen LogP contribution in [0.15, 0.2) is 53.5 Å². The molecule has 0 saturated carbocycles. The van der Waals surface area contributed by atoms with Gasteiger partial charge < -0.3 is 0 Å². The Hall–Kier alpha value is -2.77. The smallest absolute Gasteiger partial charge is 0.240 e. The summed E-state index contributed by atoms with van der Waals surface area (Å²) in [6, 6.07) is 11.7. The molecular formula is C18H13NO2. The lowest BCUT2D eigenvalue weighted by Gasteiger charge is -2.09. The number of Topliss-reactive ketones (excluding diaryl/α,β-unsaturated/α-hetero) is 1. The molecule has 1 aliphatic carbocycles. The monoisotopic (exact) mass is 275 g/mol. The standard InChI is InChI=1S/C18H13NO2/c1-11(2)18(21)15-8-7-14-13-6-4-3-5-12(13)9-16(14)17(15)19-10-20/h3-8H,1,9H2,2H3. The Kier molecular flexibility index (Phi) is 3.13. The highest BCUT2D eigenvalue weighted by Gasteiger charge is 2.25. The lowest BCUT2D eigenvalue weighted by atomic mass is 9.96. The van der Waals surface area contributed by atoms with Gasteiger partial charge in [0, 0.05) is 12.0 Å². The van der Waals surface area contributed by atoms with Gasteiger partial charge in [-0.25, -0.2) is 4.79 Å². The van der Waals surface area contributed by atoms with Crippen molar-refractivity contribution < 1.29 is 9.59 Å². The summed E-state index contributed by atoms with van der Waals surface area (Å²) in [6.45, 7) is 5.33. The van der Waals surface area contributed by atoms with Crippen LogP contribution in [0.25, 0.3) is 11.1 Å². The lowest BCUT2D eigenvalue weighted by molar-refractivity contribution is 0.103. The van der Waals surface area contributed by atoms with Gasteiger partial charge in [-0.2, -0.15) is 4.99 Å². The SMILES string of the molecule is C=C(C)C(=O)c1ccc2c(c1N=C=O)Cc1ccccc1-2. The normalized spacial score (nSPS) is 11.3. The Morgan fingerprint density at radius 1 is 1.19 bits per heavy atom. The largest absolute Gasteiger partial charge is 0.289 e. The van der Waals surface area contributed by atoms with Gasteiger partial charge in [0.1, 0.15) is 0 Å². The number of nitrogens with zero attached hydrogens (tertiary/aromatic N) is 1. The zero-order chi connectivity index (χ0) is 15.0. The second-order valence-electron chi connectivity index (χ2n) is 5.13. The van der Waals surface area contributed by atoms with Crippen LogP contribution in [0.5, 0.6) is 0 Å². The van der Waals surface area contributed by atoms with Crippen LogP contribution >= 0.6 is 0 Å². The minimum absolute atomic E-state index is 0.192. The van der Waals surface area contributed by atoms with Gasteiger partial charge in [0.25, 0.3) is 0 Å². The minimum atomic E-state index is -0.192. The van der Waals surface area contributed by atoms with Crippen LogP contribution in [0.2, 0.25) is 0 Å². The Labute approximate surface area is 122 Å². The Morgan fingerprint density at radius 3 is 2.67 bits per heavy atom. The minimum Gasteiger partial charge on any atom is -0.289 e. The fourth-order valence-electron chi connectivity index (χ4n) is 2.78. The van der Waals surface area contributed by atoms with Crippen LogP contribution in [0.1, 0.15) is 28.4 Å². The van der Waals surface area contributed by atoms with Gasteiger partial charge in [0.2, 0.25) is 6.08 Å². The Morgan fingerprint density at radius 2 is 1.95 bits per heavy atom. The van der Waals surface area contributed by atoms with Crippen LogP contribution in [0.4, 0.5) is 5.69 Å². The summed E-state index contributed by atoms with van der Waals surface area (Å²) in [5, 5.41) is 0. The van der Waals surface area contributed by atoms with Gasteiger partial charge in [-0.1, -0.05) is 36.9 Å². The van der Waals surface area contributed by atoms with Gasteiger partial charge >= 0.3 is 0 Å². The predicted octanol–water partition coefficient (Wildman–Crippen LogP) is 3.98. The number of ketones is 1. The molecule has 3 rings (SSSR count). The van der Waals surface area contributed by atoms with Gasteiger partial charge in [-0.15, -0.1) is 0 Å². The van der Waals surface area contributed by atoms with Crippen molar-refractivity contribution in [2.45, 2.75) is 13.3 Å². The maximum Gasteiger partial charge on any atom is 0.240 e. The summed E-state index contributed by atoms with van der Waals surface area (Å²) in [4.78, 5) is 26.8. The van der Waals surface area contributed by atoms with Crippen LogP contribution in [0, 0.1) is 0 Å². The third-order valence-corrected chi connectivity index (χ3v) is 3.75. The average molecular weight is 275 g/mol. The van der Waals surface area contributed by atoms with Crippen molar-refractivity contribution in [1.82, 2.24) is 0 Å². The van der Waals surface area contributed by atoms with E-state index < -0.39 is 0 Å². The first kappa shape index (κ1) is 13.2. The van der Waals surface area contributed by atoms with Crippen molar-refractivity contribution in [3.8, 4) is 11.1 Å². The number of isocyanates is 1. The van der Waals surface area contributed by atoms with Crippen molar-refractivity contribution in [2.24, 2.45) is 4.99 Å². The van der Waals surface area contributed by atoms with Gasteiger partial charge in [0.05, 0.1) is 5.69 Å². The third-order valence-electron chi connectivity index (χ3n) is 3.75. The van der Waals surface area contributed by atoms with Crippen molar-refractivity contribution in [3.05, 3.63) is 65.2 Å². The van der Waals surface area contributed by atoms with E-state index in [-0.39, 0.29) is 5.78 Å². The molecular weight excluding hydrogens is 262 g/mol. The maximum atomic E-state index is 12.2. The number of fused-ring (bicyclic) bond motifs is 3. The van der Waals surface area contributed by atoms with E-state index in [2.05, 4.69) is 11.6 Å². The number of carbonyl (C=O) groups is 1. The highest BCUT2D eigenvalue weighted by atomic mass is 16.1. The molecule has 0 fully saturated rings. The van der Waals surface area contributed by atoms with Crippen LogP contribution in [0.3, 0.4) is 0 Å². The molecule has 2 aromatic carbocycles. The van der Waals surface area contributed by atoms with E-state index in [0.29, 0.717) is 23.2 Å². The molecule has 0 unspecified atom stereocenters. The number of hydrogen-bond donors (Lipinski definition) is 0. The van der Waals surface area contributed by atoms with Crippen molar-refractivity contribution in [2.75, 3.05) is 0 Å². The topological polar surface area (TPSA) is 46.5 Å². The molecule has 0 N–H and O–H groups in total. The lowest BCUT2D eigenvalue weighted by Crippen LogP contribution is -2.01. The summed E-state index contributed by atoms with van der Waals surface area (Å²) in [5.74, 6) is -0.192. The summed E-state index contributed by atoms with van der Waals surface area (Å²) in [7, 11) is 0. The highest BCUT2D eigenvalue weighted by molar-refractivity contribution is 6.12. The summed E-state index contributed by atoms with van der Waals surface area (Å²) < 4.78 is 0. The molecule has 102 valence electrons. The fraction of sp³-hybridized carbons (Fsp3) is 0.111. The average Bonchev–Trinajstić information content (AvgIpc) is 2.86.